The zero-order valence-electron chi connectivity index (χ0n) is 18.9. The van der Waals surface area contributed by atoms with Crippen molar-refractivity contribution in [2.24, 2.45) is 0 Å². The predicted octanol–water partition coefficient (Wildman–Crippen LogP) is 4.66. The first-order chi connectivity index (χ1) is 15.3. The molecule has 1 atom stereocenters. The van der Waals surface area contributed by atoms with E-state index in [2.05, 4.69) is 19.2 Å². The van der Waals surface area contributed by atoms with E-state index in [1.165, 1.54) is 31.1 Å². The van der Waals surface area contributed by atoms with Crippen molar-refractivity contribution in [2.75, 3.05) is 26.1 Å². The Hall–Kier alpha value is -2.87. The fourth-order valence-electron chi connectivity index (χ4n) is 3.80. The minimum Gasteiger partial charge on any atom is -0.494 e. The smallest absolute Gasteiger partial charge is 0.341 e. The Morgan fingerprint density at radius 1 is 1.12 bits per heavy atom. The molecule has 1 unspecified atom stereocenters. The molecule has 1 heterocycles. The molecule has 32 heavy (non-hydrogen) atoms. The van der Waals surface area contributed by atoms with Crippen LogP contribution < -0.4 is 10.1 Å². The second-order valence-corrected chi connectivity index (χ2v) is 9.08. The molecule has 1 aliphatic rings. The van der Waals surface area contributed by atoms with Gasteiger partial charge < -0.3 is 19.5 Å². The minimum atomic E-state index is -0.568. The highest BCUT2D eigenvalue weighted by atomic mass is 32.1. The van der Waals surface area contributed by atoms with Crippen molar-refractivity contribution in [3.05, 3.63) is 45.8 Å². The molecule has 0 saturated carbocycles. The van der Waals surface area contributed by atoms with Crippen LogP contribution in [-0.4, -0.2) is 38.7 Å². The summed E-state index contributed by atoms with van der Waals surface area (Å²) >= 11 is 1.32. The van der Waals surface area contributed by atoms with Crippen LogP contribution in [0.1, 0.15) is 71.3 Å². The number of carbonyl (C=O) groups excluding carboxylic acids is 3. The maximum absolute atomic E-state index is 12.5. The van der Waals surface area contributed by atoms with Gasteiger partial charge in [0.25, 0.3) is 0 Å². The van der Waals surface area contributed by atoms with E-state index in [1.807, 2.05) is 24.3 Å². The number of rotatable bonds is 9. The molecular weight excluding hydrogens is 430 g/mol. The zero-order chi connectivity index (χ0) is 23.3. The van der Waals surface area contributed by atoms with Crippen LogP contribution in [0.3, 0.4) is 0 Å². The van der Waals surface area contributed by atoms with Gasteiger partial charge in [-0.15, -0.1) is 11.3 Å². The molecule has 172 valence electrons. The minimum absolute atomic E-state index is 0.219. The Labute approximate surface area is 192 Å². The number of aryl methyl sites for hydroxylation is 1. The molecular formula is C24H29NO6S. The first kappa shape index (κ1) is 23.8. The number of amides is 1. The summed E-state index contributed by atoms with van der Waals surface area (Å²) in [4.78, 5) is 38.0. The van der Waals surface area contributed by atoms with Crippen molar-refractivity contribution in [1.29, 1.82) is 0 Å². The van der Waals surface area contributed by atoms with Crippen molar-refractivity contribution in [3.63, 3.8) is 0 Å². The van der Waals surface area contributed by atoms with Crippen LogP contribution in [0.5, 0.6) is 5.75 Å². The van der Waals surface area contributed by atoms with Crippen LogP contribution in [0.2, 0.25) is 0 Å². The summed E-state index contributed by atoms with van der Waals surface area (Å²) in [6.45, 7) is 4.68. The van der Waals surface area contributed by atoms with E-state index in [1.54, 1.807) is 0 Å². The Bertz CT molecular complexity index is 979. The average molecular weight is 460 g/mol. The van der Waals surface area contributed by atoms with Crippen LogP contribution >= 0.6 is 11.3 Å². The third kappa shape index (κ3) is 5.30. The van der Waals surface area contributed by atoms with Crippen molar-refractivity contribution in [2.45, 2.75) is 51.4 Å². The van der Waals surface area contributed by atoms with Gasteiger partial charge in [-0.3, -0.25) is 9.59 Å². The summed E-state index contributed by atoms with van der Waals surface area (Å²) in [7, 11) is 2.61. The van der Waals surface area contributed by atoms with Gasteiger partial charge in [-0.25, -0.2) is 4.79 Å². The number of thiophene rings is 1. The third-order valence-electron chi connectivity index (χ3n) is 5.52. The number of methoxy groups -OCH3 is 2. The van der Waals surface area contributed by atoms with E-state index in [4.69, 9.17) is 14.2 Å². The second kappa shape index (κ2) is 10.6. The van der Waals surface area contributed by atoms with Gasteiger partial charge in [-0.05, 0) is 48.4 Å². The highest BCUT2D eigenvalue weighted by Gasteiger charge is 2.38. The number of carbonyl (C=O) groups is 3. The van der Waals surface area contributed by atoms with Crippen molar-refractivity contribution in [3.8, 4) is 5.75 Å². The normalized spacial score (nSPS) is 14.7. The van der Waals surface area contributed by atoms with Crippen LogP contribution in [0.25, 0.3) is 0 Å². The molecule has 8 heteroatoms. The summed E-state index contributed by atoms with van der Waals surface area (Å²) in [6.07, 6.45) is 2.01. The Morgan fingerprint density at radius 2 is 1.84 bits per heavy atom. The van der Waals surface area contributed by atoms with Gasteiger partial charge in [-0.2, -0.15) is 0 Å². The Kier molecular flexibility index (Phi) is 7.90. The number of benzene rings is 1. The number of anilines is 1. The van der Waals surface area contributed by atoms with Crippen LogP contribution in [-0.2, 0) is 25.5 Å². The Balaban J connectivity index is 1.59. The lowest BCUT2D eigenvalue weighted by Crippen LogP contribution is -2.18. The lowest BCUT2D eigenvalue weighted by Gasteiger charge is -2.12. The number of esters is 2. The van der Waals surface area contributed by atoms with Gasteiger partial charge in [0.15, 0.2) is 0 Å². The van der Waals surface area contributed by atoms with E-state index in [0.717, 1.165) is 10.6 Å². The molecule has 3 rings (SSSR count). The zero-order valence-corrected chi connectivity index (χ0v) is 19.7. The maximum atomic E-state index is 12.5. The first-order valence-corrected chi connectivity index (χ1v) is 11.5. The number of ether oxygens (including phenoxy) is 3. The number of hydrogen-bond donors (Lipinski definition) is 1. The van der Waals surface area contributed by atoms with Gasteiger partial charge in [0.05, 0.1) is 32.3 Å². The SMILES string of the molecule is COC(=O)c1c(NC(=O)CCCOc2ccc(C(C)C)cc2)sc2c1C(C(=O)OC)CC2. The van der Waals surface area contributed by atoms with Gasteiger partial charge in [0.1, 0.15) is 10.8 Å². The number of nitrogens with one attached hydrogen (secondary N) is 1. The highest BCUT2D eigenvalue weighted by molar-refractivity contribution is 7.17. The maximum Gasteiger partial charge on any atom is 0.341 e. The molecule has 1 aromatic heterocycles. The molecule has 7 nitrogen and oxygen atoms in total. The van der Waals surface area contributed by atoms with Crippen molar-refractivity contribution >= 4 is 34.2 Å². The first-order valence-electron chi connectivity index (χ1n) is 10.7. The van der Waals surface area contributed by atoms with E-state index in [0.29, 0.717) is 42.4 Å². The Morgan fingerprint density at radius 3 is 2.47 bits per heavy atom. The van der Waals surface area contributed by atoms with E-state index in [-0.39, 0.29) is 23.9 Å². The molecule has 1 aliphatic carbocycles. The van der Waals surface area contributed by atoms with Crippen molar-refractivity contribution in [1.82, 2.24) is 0 Å². The summed E-state index contributed by atoms with van der Waals surface area (Å²) in [5.74, 6) is -0.453. The molecule has 0 bridgehead atoms. The topological polar surface area (TPSA) is 90.9 Å². The second-order valence-electron chi connectivity index (χ2n) is 7.97. The van der Waals surface area contributed by atoms with Gasteiger partial charge in [0, 0.05) is 11.3 Å². The molecule has 0 saturated heterocycles. The van der Waals surface area contributed by atoms with Crippen molar-refractivity contribution < 1.29 is 28.6 Å². The fourth-order valence-corrected chi connectivity index (χ4v) is 5.08. The molecule has 0 fully saturated rings. The predicted molar refractivity (Wildman–Crippen MR) is 123 cm³/mol. The van der Waals surface area contributed by atoms with Gasteiger partial charge in [0.2, 0.25) is 5.91 Å². The summed E-state index contributed by atoms with van der Waals surface area (Å²) in [6, 6.07) is 7.95. The summed E-state index contributed by atoms with van der Waals surface area (Å²) in [5.41, 5.74) is 2.13. The average Bonchev–Trinajstić information content (AvgIpc) is 3.34. The standard InChI is InChI=1S/C24H29NO6S/c1-14(2)15-7-9-16(10-8-15)31-13-5-6-19(26)25-22-21(24(28)30-4)20-17(23(27)29-3)11-12-18(20)32-22/h7-10,14,17H,5-6,11-13H2,1-4H3,(H,25,26). The van der Waals surface area contributed by atoms with Gasteiger partial charge in [-0.1, -0.05) is 26.0 Å². The molecule has 0 aliphatic heterocycles. The van der Waals surface area contributed by atoms with Crippen LogP contribution in [0.15, 0.2) is 24.3 Å². The fraction of sp³-hybridized carbons (Fsp3) is 0.458. The molecule has 1 aromatic carbocycles. The monoisotopic (exact) mass is 459 g/mol. The van der Waals surface area contributed by atoms with Crippen LogP contribution in [0, 0.1) is 0 Å². The molecule has 2 aromatic rings. The van der Waals surface area contributed by atoms with Gasteiger partial charge >= 0.3 is 11.9 Å². The summed E-state index contributed by atoms with van der Waals surface area (Å²) < 4.78 is 15.5. The number of fused-ring (bicyclic) bond motifs is 1. The molecule has 0 radical (unpaired) electrons. The lowest BCUT2D eigenvalue weighted by molar-refractivity contribution is -0.142. The van der Waals surface area contributed by atoms with Crippen LogP contribution in [0.4, 0.5) is 5.00 Å². The third-order valence-corrected chi connectivity index (χ3v) is 6.70. The quantitative estimate of drug-likeness (QED) is 0.433. The number of hydrogen-bond acceptors (Lipinski definition) is 7. The molecule has 1 N–H and O–H groups in total. The van der Waals surface area contributed by atoms with E-state index < -0.39 is 11.9 Å². The van der Waals surface area contributed by atoms with E-state index >= 15 is 0 Å². The largest absolute Gasteiger partial charge is 0.494 e. The van der Waals surface area contributed by atoms with E-state index in [9.17, 15) is 14.4 Å². The highest BCUT2D eigenvalue weighted by Crippen LogP contribution is 2.45. The molecule has 0 spiro atoms. The molecule has 1 amide bonds. The summed E-state index contributed by atoms with van der Waals surface area (Å²) in [5, 5.41) is 3.24. The lowest BCUT2D eigenvalue weighted by atomic mass is 9.99.